The number of aryl methyl sites for hydroxylation is 1. The van der Waals surface area contributed by atoms with Gasteiger partial charge in [-0.3, -0.25) is 9.36 Å². The Hall–Kier alpha value is -2.82. The van der Waals surface area contributed by atoms with Crippen LogP contribution in [-0.4, -0.2) is 16.7 Å². The maximum absolute atomic E-state index is 12.3. The molecule has 0 radical (unpaired) electrons. The summed E-state index contributed by atoms with van der Waals surface area (Å²) in [5, 5.41) is 0.838. The van der Waals surface area contributed by atoms with E-state index < -0.39 is 0 Å². The van der Waals surface area contributed by atoms with Gasteiger partial charge in [0.25, 0.3) is 5.56 Å². The first-order chi connectivity index (χ1) is 10.1. The van der Waals surface area contributed by atoms with Gasteiger partial charge in [-0.05, 0) is 29.8 Å². The van der Waals surface area contributed by atoms with Gasteiger partial charge in [0.05, 0.1) is 7.11 Å². The highest BCUT2D eigenvalue weighted by atomic mass is 16.5. The first kappa shape index (κ1) is 13.2. The summed E-state index contributed by atoms with van der Waals surface area (Å²) in [6, 6.07) is 11.2. The summed E-state index contributed by atoms with van der Waals surface area (Å²) in [6.07, 6.45) is 1.66. The number of nitrogens with zero attached hydrogens (tertiary/aromatic N) is 2. The number of fused-ring (bicyclic) bond motifs is 1. The number of ether oxygens (including phenoxy) is 1. The maximum Gasteiger partial charge on any atom is 0.275 e. The van der Waals surface area contributed by atoms with E-state index in [4.69, 9.17) is 10.5 Å². The summed E-state index contributed by atoms with van der Waals surface area (Å²) < 4.78 is 6.71. The van der Waals surface area contributed by atoms with Crippen LogP contribution in [0.3, 0.4) is 0 Å². The Balaban J connectivity index is 2.44. The predicted molar refractivity (Wildman–Crippen MR) is 83.4 cm³/mol. The third-order valence-electron chi connectivity index (χ3n) is 3.54. The highest BCUT2D eigenvalue weighted by molar-refractivity contribution is 5.98. The second kappa shape index (κ2) is 4.94. The molecule has 0 unspecified atom stereocenters. The summed E-state index contributed by atoms with van der Waals surface area (Å²) in [4.78, 5) is 16.6. The highest BCUT2D eigenvalue weighted by Crippen LogP contribution is 2.32. The van der Waals surface area contributed by atoms with Crippen molar-refractivity contribution in [1.29, 1.82) is 0 Å². The maximum atomic E-state index is 12.3. The summed E-state index contributed by atoms with van der Waals surface area (Å²) in [6.45, 7) is 0. The molecule has 0 aliphatic rings. The zero-order chi connectivity index (χ0) is 15.0. The minimum Gasteiger partial charge on any atom is -0.497 e. The molecule has 3 rings (SSSR count). The number of hydrogen-bond donors (Lipinski definition) is 1. The van der Waals surface area contributed by atoms with Gasteiger partial charge in [0.1, 0.15) is 17.1 Å². The van der Waals surface area contributed by atoms with Gasteiger partial charge in [-0.25, -0.2) is 4.98 Å². The number of benzene rings is 1. The average molecular weight is 281 g/mol. The highest BCUT2D eigenvalue weighted by Gasteiger charge is 2.15. The Labute approximate surface area is 121 Å². The molecule has 2 heterocycles. The second-order valence-corrected chi connectivity index (χ2v) is 4.76. The molecule has 21 heavy (non-hydrogen) atoms. The van der Waals surface area contributed by atoms with Crippen LogP contribution in [0.15, 0.2) is 47.4 Å². The van der Waals surface area contributed by atoms with E-state index >= 15 is 0 Å². The van der Waals surface area contributed by atoms with E-state index in [1.54, 1.807) is 20.4 Å². The summed E-state index contributed by atoms with van der Waals surface area (Å²) in [5.74, 6) is 0.713. The van der Waals surface area contributed by atoms with Gasteiger partial charge < -0.3 is 10.5 Å². The van der Waals surface area contributed by atoms with Crippen LogP contribution in [-0.2, 0) is 7.05 Å². The van der Waals surface area contributed by atoms with Crippen LogP contribution in [0, 0.1) is 0 Å². The lowest BCUT2D eigenvalue weighted by Crippen LogP contribution is -2.22. The van der Waals surface area contributed by atoms with Gasteiger partial charge in [0, 0.05) is 24.2 Å². The fourth-order valence-corrected chi connectivity index (χ4v) is 2.48. The Morgan fingerprint density at radius 3 is 2.81 bits per heavy atom. The lowest BCUT2D eigenvalue weighted by Gasteiger charge is -2.13. The van der Waals surface area contributed by atoms with Crippen molar-refractivity contribution in [3.63, 3.8) is 0 Å². The smallest absolute Gasteiger partial charge is 0.275 e. The lowest BCUT2D eigenvalue weighted by molar-refractivity contribution is 0.415. The van der Waals surface area contributed by atoms with E-state index in [2.05, 4.69) is 4.98 Å². The van der Waals surface area contributed by atoms with Crippen LogP contribution >= 0.6 is 0 Å². The summed E-state index contributed by atoms with van der Waals surface area (Å²) in [7, 11) is 3.27. The van der Waals surface area contributed by atoms with Gasteiger partial charge in [-0.15, -0.1) is 0 Å². The largest absolute Gasteiger partial charge is 0.497 e. The van der Waals surface area contributed by atoms with E-state index in [0.717, 1.165) is 10.9 Å². The third-order valence-corrected chi connectivity index (χ3v) is 3.54. The van der Waals surface area contributed by atoms with Gasteiger partial charge in [-0.2, -0.15) is 0 Å². The average Bonchev–Trinajstić information content (AvgIpc) is 2.53. The molecular weight excluding hydrogens is 266 g/mol. The van der Waals surface area contributed by atoms with Crippen molar-refractivity contribution in [3.05, 3.63) is 52.9 Å². The molecule has 0 atom stereocenters. The summed E-state index contributed by atoms with van der Waals surface area (Å²) >= 11 is 0. The monoisotopic (exact) mass is 281 g/mol. The lowest BCUT2D eigenvalue weighted by atomic mass is 10.0. The Morgan fingerprint density at radius 1 is 1.24 bits per heavy atom. The third kappa shape index (κ3) is 2.03. The van der Waals surface area contributed by atoms with Crippen molar-refractivity contribution in [1.82, 2.24) is 9.55 Å². The number of hydrogen-bond acceptors (Lipinski definition) is 4. The molecule has 5 heteroatoms. The number of pyridine rings is 2. The molecule has 0 fully saturated rings. The van der Waals surface area contributed by atoms with E-state index in [1.165, 1.54) is 4.57 Å². The molecule has 0 aliphatic carbocycles. The molecule has 0 aliphatic heterocycles. The fourth-order valence-electron chi connectivity index (χ4n) is 2.48. The van der Waals surface area contributed by atoms with Crippen LogP contribution in [0.4, 0.5) is 5.69 Å². The molecule has 0 amide bonds. The number of anilines is 1. The molecule has 5 nitrogen and oxygen atoms in total. The van der Waals surface area contributed by atoms with Crippen LogP contribution < -0.4 is 16.0 Å². The first-order valence-electron chi connectivity index (χ1n) is 6.51. The fraction of sp³-hybridized carbons (Fsp3) is 0.125. The molecule has 106 valence electrons. The van der Waals surface area contributed by atoms with Gasteiger partial charge in [0.2, 0.25) is 0 Å². The molecule has 1 aromatic carbocycles. The summed E-state index contributed by atoms with van der Waals surface area (Å²) in [5.41, 5.74) is 8.17. The van der Waals surface area contributed by atoms with E-state index in [9.17, 15) is 4.79 Å². The van der Waals surface area contributed by atoms with Crippen molar-refractivity contribution in [2.24, 2.45) is 7.05 Å². The van der Waals surface area contributed by atoms with Crippen molar-refractivity contribution >= 4 is 16.7 Å². The molecule has 2 aromatic heterocycles. The van der Waals surface area contributed by atoms with Gasteiger partial charge in [-0.1, -0.05) is 12.1 Å². The number of nitrogens with two attached hydrogens (primary N) is 1. The van der Waals surface area contributed by atoms with Crippen molar-refractivity contribution in [2.45, 2.75) is 0 Å². The minimum atomic E-state index is -0.251. The molecule has 2 N–H and O–H groups in total. The van der Waals surface area contributed by atoms with Gasteiger partial charge >= 0.3 is 0 Å². The molecular formula is C16H15N3O2. The van der Waals surface area contributed by atoms with Crippen molar-refractivity contribution < 1.29 is 4.74 Å². The SMILES string of the molecule is COc1cccc(-c2c(N)c(=O)n(C)c3ncccc23)c1. The van der Waals surface area contributed by atoms with Crippen molar-refractivity contribution in [2.75, 3.05) is 12.8 Å². The standard InChI is InChI=1S/C16H15N3O2/c1-19-15-12(7-4-8-18-15)13(14(17)16(19)20)10-5-3-6-11(9-10)21-2/h3-9H,17H2,1-2H3. The van der Waals surface area contributed by atoms with E-state index in [-0.39, 0.29) is 11.2 Å². The topological polar surface area (TPSA) is 70.1 Å². The molecule has 3 aromatic rings. The van der Waals surface area contributed by atoms with Crippen LogP contribution in [0.2, 0.25) is 0 Å². The van der Waals surface area contributed by atoms with Crippen LogP contribution in [0.1, 0.15) is 0 Å². The Bertz CT molecular complexity index is 884. The van der Waals surface area contributed by atoms with E-state index in [1.807, 2.05) is 36.4 Å². The zero-order valence-electron chi connectivity index (χ0n) is 11.8. The van der Waals surface area contributed by atoms with Gasteiger partial charge in [0.15, 0.2) is 0 Å². The predicted octanol–water partition coefficient (Wildman–Crippen LogP) is 2.19. The Kier molecular flexibility index (Phi) is 3.10. The number of nitrogen functional groups attached to an aromatic ring is 1. The van der Waals surface area contributed by atoms with Crippen LogP contribution in [0.25, 0.3) is 22.2 Å². The molecule has 0 saturated heterocycles. The van der Waals surface area contributed by atoms with Crippen LogP contribution in [0.5, 0.6) is 5.75 Å². The van der Waals surface area contributed by atoms with E-state index in [0.29, 0.717) is 17.0 Å². The zero-order valence-corrected chi connectivity index (χ0v) is 11.8. The number of aromatic nitrogens is 2. The minimum absolute atomic E-state index is 0.214. The molecule has 0 bridgehead atoms. The first-order valence-corrected chi connectivity index (χ1v) is 6.51. The number of rotatable bonds is 2. The normalized spacial score (nSPS) is 10.8. The second-order valence-electron chi connectivity index (χ2n) is 4.76. The molecule has 0 spiro atoms. The quantitative estimate of drug-likeness (QED) is 0.781. The molecule has 0 saturated carbocycles. The number of methoxy groups -OCH3 is 1. The Morgan fingerprint density at radius 2 is 2.05 bits per heavy atom. The van der Waals surface area contributed by atoms with Crippen molar-refractivity contribution in [3.8, 4) is 16.9 Å².